The number of unbranched alkanes of at least 4 members (excludes halogenated alkanes) is 3. The predicted octanol–water partition coefficient (Wildman–Crippen LogP) is 9.75. The van der Waals surface area contributed by atoms with Crippen LogP contribution in [-0.2, 0) is 20.0 Å². The summed E-state index contributed by atoms with van der Waals surface area (Å²) in [5.41, 5.74) is 3.74. The predicted molar refractivity (Wildman–Crippen MR) is 294 cm³/mol. The molecule has 6 aromatic rings. The quantitative estimate of drug-likeness (QED) is 0.0736. The van der Waals surface area contributed by atoms with E-state index in [1.807, 2.05) is 54.7 Å². The molecule has 14 nitrogen and oxygen atoms in total. The fraction of sp³-hybridized carbons (Fsp3) is 0.500. The molecule has 2 fully saturated rings. The van der Waals surface area contributed by atoms with E-state index in [1.54, 1.807) is 22.6 Å². The summed E-state index contributed by atoms with van der Waals surface area (Å²) in [4.78, 5) is 31.5. The van der Waals surface area contributed by atoms with E-state index in [0.29, 0.717) is 13.1 Å². The minimum atomic E-state index is -3.18. The number of rotatable bonds is 19. The summed E-state index contributed by atoms with van der Waals surface area (Å²) in [6.45, 7) is 11.3. The molecule has 70 heavy (non-hydrogen) atoms. The monoisotopic (exact) mass is 1160 g/mol. The Labute approximate surface area is 429 Å². The van der Waals surface area contributed by atoms with Gasteiger partial charge in [-0.3, -0.25) is 4.98 Å². The third-order valence-electron chi connectivity index (χ3n) is 13.3. The zero-order chi connectivity index (χ0) is 50.0. The van der Waals surface area contributed by atoms with E-state index >= 15 is 0 Å². The molecule has 6 heterocycles. The number of aromatic nitrogens is 6. The van der Waals surface area contributed by atoms with Crippen LogP contribution < -0.4 is 23.0 Å². The van der Waals surface area contributed by atoms with Gasteiger partial charge in [0.2, 0.25) is 20.0 Å². The second-order valence-electron chi connectivity index (χ2n) is 19.0. The van der Waals surface area contributed by atoms with Gasteiger partial charge in [-0.05, 0) is 80.0 Å². The van der Waals surface area contributed by atoms with Crippen molar-refractivity contribution in [2.45, 2.75) is 98.3 Å². The van der Waals surface area contributed by atoms with E-state index in [2.05, 4.69) is 105 Å². The molecule has 8 rings (SSSR count). The summed E-state index contributed by atoms with van der Waals surface area (Å²) in [6, 6.07) is 24.6. The number of fused-ring (bicyclic) bond motifs is 2. The Morgan fingerprint density at radius 3 is 1.59 bits per heavy atom. The summed E-state index contributed by atoms with van der Waals surface area (Å²) in [7, 11) is -6.32. The van der Waals surface area contributed by atoms with E-state index < -0.39 is 38.4 Å². The average Bonchev–Trinajstić information content (AvgIpc) is 3.37. The van der Waals surface area contributed by atoms with Gasteiger partial charge in [-0.15, -0.1) is 0 Å². The third-order valence-corrected chi connectivity index (χ3v) is 30.3. The first kappa shape index (κ1) is 55.4. The van der Waals surface area contributed by atoms with Gasteiger partial charge in [-0.2, -0.15) is 0 Å². The molecule has 0 saturated carbocycles. The SMILES string of the molecule is CCC[CH2][Sn]([CH2]CCC)([CH2]CCC)[c]1ccccn1.CS(=O)(=O)NCC1CCCN(c2ncnc3ccc(-c4ccccn4)cc23)C1.CS(=O)(=O)NCC1CCCN(c2ncnc3ccc(Br)cc23)C1. The van der Waals surface area contributed by atoms with Crippen LogP contribution in [-0.4, -0.2) is 117 Å². The minimum Gasteiger partial charge on any atom is -0.356 e. The maximum absolute atomic E-state index is 11.4. The topological polar surface area (TPSA) is 176 Å². The molecule has 2 aromatic carbocycles. The van der Waals surface area contributed by atoms with Crippen molar-refractivity contribution < 1.29 is 16.8 Å². The molecule has 2 N–H and O–H groups in total. The number of pyridine rings is 2. The van der Waals surface area contributed by atoms with Crippen molar-refractivity contribution in [3.63, 3.8) is 0 Å². The second kappa shape index (κ2) is 27.2. The van der Waals surface area contributed by atoms with Gasteiger partial charge in [-0.25, -0.2) is 46.2 Å². The number of nitrogens with zero attached hydrogens (tertiary/aromatic N) is 8. The van der Waals surface area contributed by atoms with Gasteiger partial charge in [0.15, 0.2) is 0 Å². The smallest absolute Gasteiger partial charge is 0.208 e. The summed E-state index contributed by atoms with van der Waals surface area (Å²) in [5.74, 6) is 2.36. The van der Waals surface area contributed by atoms with Crippen LogP contribution in [0.25, 0.3) is 33.1 Å². The fourth-order valence-corrected chi connectivity index (χ4v) is 26.5. The number of halogens is 1. The standard InChI is InChI=1S/C20H23N5O2S.C15H19BrN4O2S.C5H4N.3C4H9.Sn/c1-28(26,27)24-12-15-5-4-10-25(13-15)20-17-11-16(18-6-2-3-9-21-18)7-8-19(17)22-14-23-20;1-23(21,22)19-8-11-3-2-6-20(9-11)15-13-7-12(16)4-5-14(13)17-10-18-15;1-2-4-6-5-3-1;3*1-3-4-2;/h2-3,6-9,11,14-15,24H,4-5,10,12-13H2,1H3;4-5,7,10-11,19H,2-3,6,8-9H2,1H3;1-4H;3*1,3-4H2,2H3;. The molecule has 0 bridgehead atoms. The minimum absolute atomic E-state index is 0.257. The van der Waals surface area contributed by atoms with E-state index in [9.17, 15) is 16.8 Å². The number of hydrogen-bond donors (Lipinski definition) is 2. The van der Waals surface area contributed by atoms with Gasteiger partial charge in [0.05, 0.1) is 29.2 Å². The molecular weight excluding hydrogens is 1090 g/mol. The molecule has 18 heteroatoms. The normalized spacial score (nSPS) is 16.6. The number of hydrogen-bond acceptors (Lipinski definition) is 12. The molecule has 0 spiro atoms. The van der Waals surface area contributed by atoms with Crippen LogP contribution in [0, 0.1) is 11.8 Å². The fourth-order valence-electron chi connectivity index (χ4n) is 9.62. The molecule has 2 aliphatic rings. The Hall–Kier alpha value is -3.88. The molecular formula is C52H73BrN10O4S2Sn. The maximum Gasteiger partial charge on any atom is 0.208 e. The molecule has 2 aliphatic heterocycles. The Balaban J connectivity index is 0.000000176. The first-order valence-corrected chi connectivity index (χ1v) is 37.1. The zero-order valence-electron chi connectivity index (χ0n) is 41.7. The van der Waals surface area contributed by atoms with Gasteiger partial charge in [0, 0.05) is 66.3 Å². The van der Waals surface area contributed by atoms with Gasteiger partial charge in [0.25, 0.3) is 0 Å². The average molecular weight is 1160 g/mol. The third kappa shape index (κ3) is 16.9. The van der Waals surface area contributed by atoms with Crippen molar-refractivity contribution in [1.29, 1.82) is 0 Å². The van der Waals surface area contributed by atoms with E-state index in [0.717, 1.165) is 101 Å². The molecule has 378 valence electrons. The van der Waals surface area contributed by atoms with Crippen LogP contribution >= 0.6 is 15.9 Å². The number of benzene rings is 2. The van der Waals surface area contributed by atoms with Gasteiger partial charge in [0.1, 0.15) is 24.3 Å². The summed E-state index contributed by atoms with van der Waals surface area (Å²) < 4.78 is 57.8. The van der Waals surface area contributed by atoms with Crippen molar-refractivity contribution in [2.75, 3.05) is 61.6 Å². The van der Waals surface area contributed by atoms with Crippen molar-refractivity contribution >= 4 is 91.5 Å². The van der Waals surface area contributed by atoms with Crippen LogP contribution in [0.3, 0.4) is 0 Å². The molecule has 0 aliphatic carbocycles. The van der Waals surface area contributed by atoms with Crippen molar-refractivity contribution in [2.24, 2.45) is 11.8 Å². The molecule has 2 atom stereocenters. The van der Waals surface area contributed by atoms with Crippen LogP contribution in [0.1, 0.15) is 85.0 Å². The largest absolute Gasteiger partial charge is 0.356 e. The number of anilines is 2. The Bertz CT molecular complexity index is 2760. The number of piperidine rings is 2. The second-order valence-corrected chi connectivity index (χ2v) is 36.6. The van der Waals surface area contributed by atoms with Crippen LogP contribution in [0.2, 0.25) is 13.3 Å². The van der Waals surface area contributed by atoms with E-state index in [-0.39, 0.29) is 11.8 Å². The molecule has 2 saturated heterocycles. The van der Waals surface area contributed by atoms with Crippen LogP contribution in [0.15, 0.2) is 102 Å². The molecule has 0 radical (unpaired) electrons. The summed E-state index contributed by atoms with van der Waals surface area (Å²) in [6.07, 6.45) is 21.7. The van der Waals surface area contributed by atoms with E-state index in [4.69, 9.17) is 4.98 Å². The zero-order valence-corrected chi connectivity index (χ0v) is 47.8. The summed E-state index contributed by atoms with van der Waals surface area (Å²) >= 11 is 1.29. The first-order valence-electron chi connectivity index (χ1n) is 25.1. The number of sulfonamides is 2. The van der Waals surface area contributed by atoms with Crippen molar-refractivity contribution in [1.82, 2.24) is 39.3 Å². The van der Waals surface area contributed by atoms with Gasteiger partial charge < -0.3 is 9.80 Å². The molecule has 0 amide bonds. The first-order chi connectivity index (χ1) is 33.7. The summed E-state index contributed by atoms with van der Waals surface area (Å²) in [5, 5.41) is 2.00. The Kier molecular flexibility index (Phi) is 21.6. The Morgan fingerprint density at radius 1 is 0.614 bits per heavy atom. The van der Waals surface area contributed by atoms with Gasteiger partial charge in [-0.1, -0.05) is 28.1 Å². The van der Waals surface area contributed by atoms with Gasteiger partial charge >= 0.3 is 124 Å². The number of nitrogens with one attached hydrogen (secondary N) is 2. The van der Waals surface area contributed by atoms with Crippen molar-refractivity contribution in [3.8, 4) is 11.3 Å². The Morgan fingerprint density at radius 2 is 1.11 bits per heavy atom. The molecule has 2 unspecified atom stereocenters. The van der Waals surface area contributed by atoms with Crippen LogP contribution in [0.5, 0.6) is 0 Å². The van der Waals surface area contributed by atoms with Crippen molar-refractivity contribution in [3.05, 3.63) is 102 Å². The maximum atomic E-state index is 11.4. The van der Waals surface area contributed by atoms with Crippen LogP contribution in [0.4, 0.5) is 11.6 Å². The van der Waals surface area contributed by atoms with E-state index in [1.165, 1.54) is 64.3 Å². The molecule has 4 aromatic heterocycles.